The van der Waals surface area contributed by atoms with Crippen LogP contribution in [0.15, 0.2) is 46.9 Å². The fourth-order valence-electron chi connectivity index (χ4n) is 3.72. The van der Waals surface area contributed by atoms with Crippen molar-refractivity contribution in [2.75, 3.05) is 39.3 Å². The molecule has 2 aliphatic rings. The van der Waals surface area contributed by atoms with Crippen molar-refractivity contribution in [2.45, 2.75) is 13.0 Å². The van der Waals surface area contributed by atoms with E-state index in [0.29, 0.717) is 24.0 Å². The first-order valence-electron chi connectivity index (χ1n) is 10.2. The van der Waals surface area contributed by atoms with Crippen molar-refractivity contribution in [3.05, 3.63) is 47.5 Å². The van der Waals surface area contributed by atoms with Gasteiger partial charge >= 0.3 is 0 Å². The Kier molecular flexibility index (Phi) is 6.10. The molecule has 0 aliphatic carbocycles. The lowest BCUT2D eigenvalue weighted by Gasteiger charge is -2.41. The number of hydrogen-bond acceptors (Lipinski definition) is 6. The molecular weight excluding hydrogens is 404 g/mol. The molecule has 0 saturated carbocycles. The predicted octanol–water partition coefficient (Wildman–Crippen LogP) is 0.701. The average Bonchev–Trinajstić information content (AvgIpc) is 3.16. The summed E-state index contributed by atoms with van der Waals surface area (Å²) >= 11 is 6.30. The molecule has 2 saturated heterocycles. The fourth-order valence-corrected chi connectivity index (χ4v) is 3.88. The lowest BCUT2D eigenvalue weighted by Crippen LogP contribution is -2.56. The van der Waals surface area contributed by atoms with Crippen LogP contribution in [0.1, 0.15) is 18.7 Å². The van der Waals surface area contributed by atoms with Crippen LogP contribution in [0.2, 0.25) is 0 Å². The fraction of sp³-hybridized carbons (Fsp3) is 0.450. The summed E-state index contributed by atoms with van der Waals surface area (Å²) in [6.07, 6.45) is 5.10. The predicted molar refractivity (Wildman–Crippen MR) is 117 cm³/mol. The number of carbonyl (C=O) groups is 1. The number of likely N-dealkylation sites (tertiary alicyclic amines) is 1. The lowest BCUT2D eigenvalue weighted by atomic mass is 9.98. The van der Waals surface area contributed by atoms with Crippen LogP contribution < -0.4 is 16.4 Å². The number of rotatable bonds is 5. The highest BCUT2D eigenvalue weighted by Crippen LogP contribution is 2.23. The Hall–Kier alpha value is -2.78. The molecule has 2 aromatic rings. The Morgan fingerprint density at radius 1 is 1.40 bits per heavy atom. The number of nitrogens with zero attached hydrogens (tertiary/aromatic N) is 5. The van der Waals surface area contributed by atoms with Crippen LogP contribution in [0, 0.1) is 5.92 Å². The number of nitrogens with two attached hydrogens (primary N) is 1. The summed E-state index contributed by atoms with van der Waals surface area (Å²) in [4.78, 5) is 19.2. The molecule has 0 bridgehead atoms. The van der Waals surface area contributed by atoms with Gasteiger partial charge in [-0.05, 0) is 19.1 Å². The van der Waals surface area contributed by atoms with Gasteiger partial charge in [-0.25, -0.2) is 4.98 Å². The highest BCUT2D eigenvalue weighted by molar-refractivity contribution is 6.43. The molecule has 1 atom stereocenters. The zero-order valence-electron chi connectivity index (χ0n) is 17.0. The van der Waals surface area contributed by atoms with E-state index in [1.165, 1.54) is 6.20 Å². The number of halogens is 1. The topological polar surface area (TPSA) is 103 Å². The van der Waals surface area contributed by atoms with Gasteiger partial charge in [-0.15, -0.1) is 0 Å². The van der Waals surface area contributed by atoms with E-state index in [1.54, 1.807) is 6.20 Å². The number of fused-ring (bicyclic) bond motifs is 1. The third-order valence-electron chi connectivity index (χ3n) is 5.49. The molecule has 0 spiro atoms. The number of carbonyl (C=O) groups excluding carboxylic acids is 1. The number of imidazole rings is 1. The van der Waals surface area contributed by atoms with Crippen molar-refractivity contribution >= 4 is 29.0 Å². The van der Waals surface area contributed by atoms with Crippen LogP contribution in [-0.4, -0.2) is 70.3 Å². The van der Waals surface area contributed by atoms with Crippen molar-refractivity contribution in [3.8, 4) is 0 Å². The molecule has 160 valence electrons. The van der Waals surface area contributed by atoms with Crippen molar-refractivity contribution in [1.82, 2.24) is 29.9 Å². The summed E-state index contributed by atoms with van der Waals surface area (Å²) in [7, 11) is 0. The Bertz CT molecular complexity index is 959. The summed E-state index contributed by atoms with van der Waals surface area (Å²) in [5.41, 5.74) is 7.45. The normalized spacial score (nSPS) is 19.7. The van der Waals surface area contributed by atoms with Crippen molar-refractivity contribution < 1.29 is 4.79 Å². The van der Waals surface area contributed by atoms with Crippen molar-refractivity contribution in [1.29, 1.82) is 0 Å². The largest absolute Gasteiger partial charge is 0.403 e. The maximum atomic E-state index is 12.8. The molecule has 0 radical (unpaired) electrons. The van der Waals surface area contributed by atoms with Crippen LogP contribution in [0.4, 0.5) is 0 Å². The maximum Gasteiger partial charge on any atom is 0.227 e. The van der Waals surface area contributed by atoms with Crippen LogP contribution in [-0.2, 0) is 4.79 Å². The zero-order valence-corrected chi connectivity index (χ0v) is 17.7. The Balaban J connectivity index is 1.37. The monoisotopic (exact) mass is 430 g/mol. The third-order valence-corrected chi connectivity index (χ3v) is 5.78. The molecule has 1 unspecified atom stereocenters. The summed E-state index contributed by atoms with van der Waals surface area (Å²) < 4.78 is 1.99. The number of pyridine rings is 1. The van der Waals surface area contributed by atoms with Gasteiger partial charge in [0.15, 0.2) is 5.84 Å². The van der Waals surface area contributed by atoms with Crippen LogP contribution in [0.3, 0.4) is 0 Å². The van der Waals surface area contributed by atoms with E-state index >= 15 is 0 Å². The van der Waals surface area contributed by atoms with Gasteiger partial charge in [0.25, 0.3) is 0 Å². The van der Waals surface area contributed by atoms with Gasteiger partial charge in [0.05, 0.1) is 23.9 Å². The van der Waals surface area contributed by atoms with E-state index in [9.17, 15) is 4.79 Å². The van der Waals surface area contributed by atoms with E-state index in [1.807, 2.05) is 45.6 Å². The second-order valence-corrected chi connectivity index (χ2v) is 7.99. The average molecular weight is 431 g/mol. The summed E-state index contributed by atoms with van der Waals surface area (Å²) in [5, 5.41) is 13.4. The molecular formula is C20H27ClN8O. The first-order valence-corrected chi connectivity index (χ1v) is 10.5. The quantitative estimate of drug-likeness (QED) is 0.476. The molecule has 2 aromatic heterocycles. The molecule has 1 amide bonds. The molecule has 0 aromatic carbocycles. The van der Waals surface area contributed by atoms with Gasteiger partial charge in [0.1, 0.15) is 10.7 Å². The molecule has 4 rings (SSSR count). The van der Waals surface area contributed by atoms with Gasteiger partial charge < -0.3 is 25.7 Å². The number of aromatic nitrogens is 2. The SMILES string of the molecule is CC(NC(=O)C1CN(C(=NN2CCNCC2)C(Cl)=CN)C1)c1cnc2ccccn12. The van der Waals surface area contributed by atoms with E-state index in [2.05, 4.69) is 20.7 Å². The molecule has 30 heavy (non-hydrogen) atoms. The number of amidine groups is 1. The van der Waals surface area contributed by atoms with Crippen LogP contribution in [0.5, 0.6) is 0 Å². The first kappa shape index (κ1) is 20.5. The molecule has 2 fully saturated rings. The smallest absolute Gasteiger partial charge is 0.227 e. The Labute approximate surface area is 180 Å². The highest BCUT2D eigenvalue weighted by atomic mass is 35.5. The minimum atomic E-state index is -0.148. The molecule has 10 heteroatoms. The minimum Gasteiger partial charge on any atom is -0.403 e. The zero-order chi connectivity index (χ0) is 21.1. The number of amides is 1. The van der Waals surface area contributed by atoms with Gasteiger partial charge in [0.2, 0.25) is 5.91 Å². The first-order chi connectivity index (χ1) is 14.6. The minimum absolute atomic E-state index is 0.0130. The van der Waals surface area contributed by atoms with Crippen LogP contribution in [0.25, 0.3) is 5.65 Å². The van der Waals surface area contributed by atoms with E-state index in [-0.39, 0.29) is 17.9 Å². The van der Waals surface area contributed by atoms with Gasteiger partial charge in [-0.3, -0.25) is 9.80 Å². The van der Waals surface area contributed by atoms with Crippen molar-refractivity contribution in [2.24, 2.45) is 16.8 Å². The Morgan fingerprint density at radius 2 is 2.17 bits per heavy atom. The number of hydrazone groups is 1. The third kappa shape index (κ3) is 4.22. The van der Waals surface area contributed by atoms with E-state index in [4.69, 9.17) is 17.3 Å². The molecule has 9 nitrogen and oxygen atoms in total. The summed E-state index contributed by atoms with van der Waals surface area (Å²) in [6.45, 7) is 6.47. The van der Waals surface area contributed by atoms with Crippen molar-refractivity contribution in [3.63, 3.8) is 0 Å². The van der Waals surface area contributed by atoms with Crippen LogP contribution >= 0.6 is 11.6 Å². The Morgan fingerprint density at radius 3 is 2.90 bits per heavy atom. The van der Waals surface area contributed by atoms with E-state index < -0.39 is 0 Å². The summed E-state index contributed by atoms with van der Waals surface area (Å²) in [6, 6.07) is 5.68. The van der Waals surface area contributed by atoms with Gasteiger partial charge in [-0.1, -0.05) is 17.7 Å². The van der Waals surface area contributed by atoms with Gasteiger partial charge in [0, 0.05) is 51.7 Å². The second kappa shape index (κ2) is 8.93. The second-order valence-electron chi connectivity index (χ2n) is 7.59. The molecule has 4 N–H and O–H groups in total. The van der Waals surface area contributed by atoms with Gasteiger partial charge in [-0.2, -0.15) is 5.10 Å². The lowest BCUT2D eigenvalue weighted by molar-refractivity contribution is -0.129. The molecule has 2 aliphatic heterocycles. The summed E-state index contributed by atoms with van der Waals surface area (Å²) in [5.74, 6) is 0.515. The standard InChI is InChI=1S/C20H27ClN8O/c1-14(17-11-24-18-4-2-3-7-29(17)18)25-20(30)15-12-27(13-15)19(16(21)10-22)26-28-8-5-23-6-9-28/h2-4,7,10-11,14-15,23H,5-6,8-9,12-13,22H2,1H3,(H,25,30). The number of nitrogens with one attached hydrogen (secondary N) is 2. The molecule has 4 heterocycles. The highest BCUT2D eigenvalue weighted by Gasteiger charge is 2.36. The number of hydrogen-bond donors (Lipinski definition) is 3. The number of piperazine rings is 1. The maximum absolute atomic E-state index is 12.8. The van der Waals surface area contributed by atoms with E-state index in [0.717, 1.165) is 37.5 Å².